The fraction of sp³-hybridized carbons (Fsp3) is 0.381. The average molecular weight is 368 g/mol. The number of aryl methyl sites for hydroxylation is 1. The van der Waals surface area contributed by atoms with Crippen molar-refractivity contribution in [3.8, 4) is 0 Å². The zero-order valence-corrected chi connectivity index (χ0v) is 15.7. The summed E-state index contributed by atoms with van der Waals surface area (Å²) in [5.41, 5.74) is 2.69. The van der Waals surface area contributed by atoms with Gasteiger partial charge in [-0.3, -0.25) is 10.1 Å². The van der Waals surface area contributed by atoms with Crippen molar-refractivity contribution >= 4 is 17.3 Å². The molecule has 1 aliphatic rings. The van der Waals surface area contributed by atoms with Crippen LogP contribution in [0, 0.1) is 23.0 Å². The van der Waals surface area contributed by atoms with Gasteiger partial charge in [0.2, 0.25) is 0 Å². The zero-order chi connectivity index (χ0) is 19.4. The van der Waals surface area contributed by atoms with E-state index >= 15 is 0 Å². The predicted molar refractivity (Wildman–Crippen MR) is 104 cm³/mol. The number of carbonyl (C=O) groups is 1. The summed E-state index contributed by atoms with van der Waals surface area (Å²) in [5, 5.41) is 11.6. The van der Waals surface area contributed by atoms with Crippen LogP contribution in [-0.4, -0.2) is 24.0 Å². The third kappa shape index (κ3) is 4.64. The number of piperidine rings is 1. The molecule has 0 aliphatic carbocycles. The molecule has 0 N–H and O–H groups in total. The summed E-state index contributed by atoms with van der Waals surface area (Å²) in [7, 11) is 0. The van der Waals surface area contributed by atoms with Gasteiger partial charge >= 0.3 is 5.97 Å². The first-order chi connectivity index (χ1) is 12.9. The number of rotatable bonds is 5. The molecule has 2 aromatic carbocycles. The van der Waals surface area contributed by atoms with Crippen LogP contribution in [0.2, 0.25) is 0 Å². The van der Waals surface area contributed by atoms with E-state index in [9.17, 15) is 14.9 Å². The molecule has 1 fully saturated rings. The Morgan fingerprint density at radius 1 is 1.30 bits per heavy atom. The summed E-state index contributed by atoms with van der Waals surface area (Å²) in [6, 6.07) is 12.3. The maximum absolute atomic E-state index is 12.4. The van der Waals surface area contributed by atoms with Crippen LogP contribution in [0.3, 0.4) is 0 Å². The third-order valence-corrected chi connectivity index (χ3v) is 4.86. The second-order valence-corrected chi connectivity index (χ2v) is 7.22. The summed E-state index contributed by atoms with van der Waals surface area (Å²) in [4.78, 5) is 25.5. The molecule has 3 rings (SSSR count). The van der Waals surface area contributed by atoms with E-state index in [2.05, 4.69) is 6.92 Å². The smallest absolute Gasteiger partial charge is 0.338 e. The van der Waals surface area contributed by atoms with Crippen LogP contribution in [0.25, 0.3) is 0 Å². The van der Waals surface area contributed by atoms with Crippen LogP contribution in [0.5, 0.6) is 0 Å². The van der Waals surface area contributed by atoms with Crippen molar-refractivity contribution in [2.24, 2.45) is 5.92 Å². The molecule has 27 heavy (non-hydrogen) atoms. The first kappa shape index (κ1) is 18.9. The third-order valence-electron chi connectivity index (χ3n) is 4.86. The number of anilines is 1. The summed E-state index contributed by atoms with van der Waals surface area (Å²) < 4.78 is 5.33. The van der Waals surface area contributed by atoms with Gasteiger partial charge in [-0.1, -0.05) is 36.8 Å². The van der Waals surface area contributed by atoms with E-state index < -0.39 is 10.9 Å². The lowest BCUT2D eigenvalue weighted by atomic mass is 9.99. The number of hydrogen-bond donors (Lipinski definition) is 0. The number of nitro groups is 1. The Labute approximate surface area is 158 Å². The molecule has 0 amide bonds. The first-order valence-corrected chi connectivity index (χ1v) is 9.20. The van der Waals surface area contributed by atoms with Gasteiger partial charge in [0.25, 0.3) is 5.69 Å². The topological polar surface area (TPSA) is 72.7 Å². The Morgan fingerprint density at radius 3 is 2.81 bits per heavy atom. The number of esters is 1. The fourth-order valence-corrected chi connectivity index (χ4v) is 3.51. The number of benzene rings is 2. The van der Waals surface area contributed by atoms with Crippen molar-refractivity contribution in [1.29, 1.82) is 0 Å². The Kier molecular flexibility index (Phi) is 5.74. The Bertz CT molecular complexity index is 850. The van der Waals surface area contributed by atoms with Crippen LogP contribution < -0.4 is 4.90 Å². The summed E-state index contributed by atoms with van der Waals surface area (Å²) in [6.07, 6.45) is 2.15. The number of ether oxygens (including phenoxy) is 1. The molecule has 2 aromatic rings. The molecular weight excluding hydrogens is 344 g/mol. The van der Waals surface area contributed by atoms with Crippen molar-refractivity contribution in [2.75, 3.05) is 18.0 Å². The van der Waals surface area contributed by atoms with Crippen LogP contribution in [-0.2, 0) is 11.3 Å². The van der Waals surface area contributed by atoms with Gasteiger partial charge in [-0.25, -0.2) is 4.79 Å². The van der Waals surface area contributed by atoms with Crippen LogP contribution in [0.1, 0.15) is 41.3 Å². The minimum atomic E-state index is -0.557. The van der Waals surface area contributed by atoms with Gasteiger partial charge in [0.05, 0.1) is 10.5 Å². The molecule has 0 radical (unpaired) electrons. The standard InChI is InChI=1S/C21H24N2O4/c1-15-5-3-7-17(11-15)14-27-21(24)18-8-9-19(20(12-18)23(25)26)22-10-4-6-16(2)13-22/h3,5,7-9,11-12,16H,4,6,10,13-14H2,1-2H3/t16-/m0/s1. The van der Waals surface area contributed by atoms with Gasteiger partial charge in [-0.2, -0.15) is 0 Å². The largest absolute Gasteiger partial charge is 0.457 e. The van der Waals surface area contributed by atoms with E-state index in [0.717, 1.165) is 37.1 Å². The zero-order valence-electron chi connectivity index (χ0n) is 15.7. The normalized spacial score (nSPS) is 16.8. The fourth-order valence-electron chi connectivity index (χ4n) is 3.51. The highest BCUT2D eigenvalue weighted by Crippen LogP contribution is 2.32. The molecule has 0 bridgehead atoms. The number of hydrogen-bond acceptors (Lipinski definition) is 5. The van der Waals surface area contributed by atoms with Crippen molar-refractivity contribution in [3.05, 3.63) is 69.3 Å². The molecule has 1 heterocycles. The van der Waals surface area contributed by atoms with E-state index in [4.69, 9.17) is 4.74 Å². The molecule has 6 nitrogen and oxygen atoms in total. The summed E-state index contributed by atoms with van der Waals surface area (Å²) in [6.45, 7) is 5.84. The van der Waals surface area contributed by atoms with E-state index in [-0.39, 0.29) is 17.9 Å². The lowest BCUT2D eigenvalue weighted by molar-refractivity contribution is -0.384. The van der Waals surface area contributed by atoms with Gasteiger partial charge in [0, 0.05) is 19.2 Å². The highest BCUT2D eigenvalue weighted by Gasteiger charge is 2.25. The highest BCUT2D eigenvalue weighted by molar-refractivity contribution is 5.91. The van der Waals surface area contributed by atoms with Crippen molar-refractivity contribution in [3.63, 3.8) is 0 Å². The van der Waals surface area contributed by atoms with Crippen molar-refractivity contribution in [1.82, 2.24) is 0 Å². The van der Waals surface area contributed by atoms with Gasteiger partial charge < -0.3 is 9.64 Å². The summed E-state index contributed by atoms with van der Waals surface area (Å²) >= 11 is 0. The second kappa shape index (κ2) is 8.20. The van der Waals surface area contributed by atoms with Gasteiger partial charge in [0.1, 0.15) is 12.3 Å². The lowest BCUT2D eigenvalue weighted by Gasteiger charge is -2.32. The molecule has 0 unspecified atom stereocenters. The molecule has 142 valence electrons. The first-order valence-electron chi connectivity index (χ1n) is 9.20. The molecule has 0 aromatic heterocycles. The molecule has 1 atom stereocenters. The molecular formula is C21H24N2O4. The Hall–Kier alpha value is -2.89. The van der Waals surface area contributed by atoms with Gasteiger partial charge in [-0.15, -0.1) is 0 Å². The predicted octanol–water partition coefficient (Wildman–Crippen LogP) is 4.50. The van der Waals surface area contributed by atoms with Crippen LogP contribution in [0.15, 0.2) is 42.5 Å². The Balaban J connectivity index is 1.76. The van der Waals surface area contributed by atoms with Crippen LogP contribution >= 0.6 is 0 Å². The lowest BCUT2D eigenvalue weighted by Crippen LogP contribution is -2.34. The minimum absolute atomic E-state index is 0.0471. The van der Waals surface area contributed by atoms with Crippen LogP contribution in [0.4, 0.5) is 11.4 Å². The average Bonchev–Trinajstić information content (AvgIpc) is 2.65. The Morgan fingerprint density at radius 2 is 2.11 bits per heavy atom. The second-order valence-electron chi connectivity index (χ2n) is 7.22. The highest BCUT2D eigenvalue weighted by atomic mass is 16.6. The van der Waals surface area contributed by atoms with E-state index in [0.29, 0.717) is 11.6 Å². The molecule has 0 saturated carbocycles. The number of nitrogens with zero attached hydrogens (tertiary/aromatic N) is 2. The number of nitro benzene ring substituents is 1. The molecule has 1 saturated heterocycles. The monoisotopic (exact) mass is 368 g/mol. The van der Waals surface area contributed by atoms with Crippen molar-refractivity contribution < 1.29 is 14.5 Å². The van der Waals surface area contributed by atoms with E-state index in [1.54, 1.807) is 12.1 Å². The summed E-state index contributed by atoms with van der Waals surface area (Å²) in [5.74, 6) is -0.0597. The molecule has 6 heteroatoms. The number of carbonyl (C=O) groups excluding carboxylic acids is 1. The SMILES string of the molecule is Cc1cccc(COC(=O)c2ccc(N3CCC[C@H](C)C3)c([N+](=O)[O-])c2)c1. The van der Waals surface area contributed by atoms with Gasteiger partial charge in [-0.05, 0) is 43.4 Å². The van der Waals surface area contributed by atoms with E-state index in [1.165, 1.54) is 6.07 Å². The van der Waals surface area contributed by atoms with E-state index in [1.807, 2.05) is 36.1 Å². The maximum Gasteiger partial charge on any atom is 0.338 e. The quantitative estimate of drug-likeness (QED) is 0.441. The maximum atomic E-state index is 12.4. The minimum Gasteiger partial charge on any atom is -0.457 e. The molecule has 0 spiro atoms. The molecule has 1 aliphatic heterocycles. The van der Waals surface area contributed by atoms with Crippen molar-refractivity contribution in [2.45, 2.75) is 33.3 Å². The van der Waals surface area contributed by atoms with Gasteiger partial charge in [0.15, 0.2) is 0 Å².